The van der Waals surface area contributed by atoms with Gasteiger partial charge in [0.25, 0.3) is 11.1 Å². The molecule has 3 rings (SSSR count). The Morgan fingerprint density at radius 2 is 2.12 bits per heavy atom. The Bertz CT molecular complexity index is 809. The average Bonchev–Trinajstić information content (AvgIpc) is 2.88. The summed E-state index contributed by atoms with van der Waals surface area (Å²) in [6, 6.07) is 11.0. The molecular weight excluding hydrogens is 348 g/mol. The zero-order valence-corrected chi connectivity index (χ0v) is 14.1. The fraction of sp³-hybridized carbons (Fsp3) is 0.118. The number of rotatable bonds is 5. The SMILES string of the molecule is O=C1NC(=O)/C(=C/c2ccc(OCCc3ccccn3)cc2Cl)S1. The first kappa shape index (κ1) is 16.5. The second-order valence-corrected chi connectivity index (χ2v) is 6.38. The number of hydrogen-bond donors (Lipinski definition) is 1. The van der Waals surface area contributed by atoms with Crippen molar-refractivity contribution in [1.82, 2.24) is 10.3 Å². The molecule has 0 aliphatic carbocycles. The molecule has 122 valence electrons. The summed E-state index contributed by atoms with van der Waals surface area (Å²) < 4.78 is 5.67. The van der Waals surface area contributed by atoms with Crippen LogP contribution in [0.2, 0.25) is 5.02 Å². The van der Waals surface area contributed by atoms with Gasteiger partial charge < -0.3 is 4.74 Å². The summed E-state index contributed by atoms with van der Waals surface area (Å²) in [7, 11) is 0. The Kier molecular flexibility index (Phi) is 5.17. The van der Waals surface area contributed by atoms with Crippen molar-refractivity contribution < 1.29 is 14.3 Å². The van der Waals surface area contributed by atoms with Gasteiger partial charge in [0.1, 0.15) is 5.75 Å². The lowest BCUT2D eigenvalue weighted by Crippen LogP contribution is -2.17. The van der Waals surface area contributed by atoms with E-state index in [2.05, 4.69) is 10.3 Å². The summed E-state index contributed by atoms with van der Waals surface area (Å²) in [4.78, 5) is 27.3. The van der Waals surface area contributed by atoms with Gasteiger partial charge in [0.15, 0.2) is 0 Å². The van der Waals surface area contributed by atoms with Crippen LogP contribution in [0.15, 0.2) is 47.5 Å². The molecule has 0 radical (unpaired) electrons. The van der Waals surface area contributed by atoms with Crippen molar-refractivity contribution in [2.24, 2.45) is 0 Å². The van der Waals surface area contributed by atoms with Crippen LogP contribution in [0.3, 0.4) is 0 Å². The molecule has 0 bridgehead atoms. The normalized spacial score (nSPS) is 15.6. The average molecular weight is 361 g/mol. The number of nitrogens with one attached hydrogen (secondary N) is 1. The quantitative estimate of drug-likeness (QED) is 0.824. The lowest BCUT2D eigenvalue weighted by molar-refractivity contribution is -0.115. The van der Waals surface area contributed by atoms with Crippen LogP contribution in [0, 0.1) is 0 Å². The number of imide groups is 1. The van der Waals surface area contributed by atoms with Crippen molar-refractivity contribution >= 4 is 40.6 Å². The molecule has 0 atom stereocenters. The van der Waals surface area contributed by atoms with E-state index < -0.39 is 5.91 Å². The van der Waals surface area contributed by atoms with Gasteiger partial charge in [-0.05, 0) is 53.7 Å². The molecule has 24 heavy (non-hydrogen) atoms. The molecular formula is C17H13ClN2O3S. The minimum atomic E-state index is -0.406. The van der Waals surface area contributed by atoms with Gasteiger partial charge in [0.2, 0.25) is 0 Å². The molecule has 1 aromatic carbocycles. The van der Waals surface area contributed by atoms with Crippen molar-refractivity contribution in [2.45, 2.75) is 6.42 Å². The van der Waals surface area contributed by atoms with Gasteiger partial charge in [-0.25, -0.2) is 0 Å². The van der Waals surface area contributed by atoms with E-state index in [0.29, 0.717) is 34.3 Å². The Balaban J connectivity index is 1.63. The minimum Gasteiger partial charge on any atom is -0.493 e. The molecule has 1 N–H and O–H groups in total. The van der Waals surface area contributed by atoms with Crippen molar-refractivity contribution in [3.63, 3.8) is 0 Å². The monoisotopic (exact) mass is 360 g/mol. The molecule has 0 unspecified atom stereocenters. The summed E-state index contributed by atoms with van der Waals surface area (Å²) in [6.45, 7) is 0.487. The topological polar surface area (TPSA) is 68.3 Å². The largest absolute Gasteiger partial charge is 0.493 e. The fourth-order valence-corrected chi connectivity index (χ4v) is 2.99. The second kappa shape index (κ2) is 7.51. The second-order valence-electron chi connectivity index (χ2n) is 4.96. The molecule has 2 aromatic rings. The van der Waals surface area contributed by atoms with Crippen molar-refractivity contribution in [3.05, 3.63) is 63.8 Å². The van der Waals surface area contributed by atoms with Crippen LogP contribution in [0.5, 0.6) is 5.75 Å². The summed E-state index contributed by atoms with van der Waals surface area (Å²) in [6.07, 6.45) is 4.03. The maximum atomic E-state index is 11.5. The van der Waals surface area contributed by atoms with Crippen LogP contribution in [0.25, 0.3) is 6.08 Å². The third-order valence-corrected chi connectivity index (χ3v) is 4.39. The predicted octanol–water partition coefficient (Wildman–Crippen LogP) is 3.68. The van der Waals surface area contributed by atoms with Gasteiger partial charge in [-0.1, -0.05) is 17.7 Å². The zero-order chi connectivity index (χ0) is 16.9. The van der Waals surface area contributed by atoms with E-state index in [1.54, 1.807) is 30.5 Å². The highest BCUT2D eigenvalue weighted by molar-refractivity contribution is 8.18. The van der Waals surface area contributed by atoms with Crippen LogP contribution in [0.1, 0.15) is 11.3 Å². The van der Waals surface area contributed by atoms with Gasteiger partial charge in [-0.3, -0.25) is 19.9 Å². The molecule has 1 saturated heterocycles. The van der Waals surface area contributed by atoms with Crippen LogP contribution in [-0.4, -0.2) is 22.7 Å². The first-order chi connectivity index (χ1) is 11.6. The van der Waals surface area contributed by atoms with E-state index in [-0.39, 0.29) is 5.24 Å². The molecule has 7 heteroatoms. The van der Waals surface area contributed by atoms with Crippen molar-refractivity contribution in [3.8, 4) is 5.75 Å². The lowest BCUT2D eigenvalue weighted by atomic mass is 10.2. The minimum absolute atomic E-state index is 0.325. The third kappa shape index (κ3) is 4.15. The Morgan fingerprint density at radius 3 is 2.79 bits per heavy atom. The molecule has 2 amide bonds. The highest BCUT2D eigenvalue weighted by Gasteiger charge is 2.25. The van der Waals surface area contributed by atoms with Gasteiger partial charge in [0, 0.05) is 18.3 Å². The highest BCUT2D eigenvalue weighted by atomic mass is 35.5. The summed E-state index contributed by atoms with van der Waals surface area (Å²) in [5, 5.41) is 2.28. The summed E-state index contributed by atoms with van der Waals surface area (Å²) in [5.74, 6) is 0.231. The van der Waals surface area contributed by atoms with Gasteiger partial charge in [-0.2, -0.15) is 0 Å². The molecule has 0 saturated carbocycles. The molecule has 1 aliphatic heterocycles. The molecule has 1 fully saturated rings. The van der Waals surface area contributed by atoms with E-state index in [1.165, 1.54) is 0 Å². The van der Waals surface area contributed by atoms with Gasteiger partial charge in [0.05, 0.1) is 16.5 Å². The molecule has 1 aliphatic rings. The van der Waals surface area contributed by atoms with E-state index in [9.17, 15) is 9.59 Å². The maximum absolute atomic E-state index is 11.5. The predicted molar refractivity (Wildman–Crippen MR) is 94.0 cm³/mol. The van der Waals surface area contributed by atoms with Crippen LogP contribution >= 0.6 is 23.4 Å². The van der Waals surface area contributed by atoms with Crippen molar-refractivity contribution in [1.29, 1.82) is 0 Å². The number of thioether (sulfide) groups is 1. The first-order valence-corrected chi connectivity index (χ1v) is 8.38. The molecule has 1 aromatic heterocycles. The number of halogens is 1. The smallest absolute Gasteiger partial charge is 0.290 e. The number of hydrogen-bond acceptors (Lipinski definition) is 5. The van der Waals surface area contributed by atoms with Gasteiger partial charge >= 0.3 is 0 Å². The Hall–Kier alpha value is -2.31. The number of nitrogens with zero attached hydrogens (tertiary/aromatic N) is 1. The van der Waals surface area contributed by atoms with E-state index >= 15 is 0 Å². The number of amides is 2. The Labute approximate surface area is 148 Å². The van der Waals surface area contributed by atoms with Crippen molar-refractivity contribution in [2.75, 3.05) is 6.61 Å². The van der Waals surface area contributed by atoms with Crippen LogP contribution in [-0.2, 0) is 11.2 Å². The number of ether oxygens (including phenoxy) is 1. The number of aromatic nitrogens is 1. The molecule has 2 heterocycles. The zero-order valence-electron chi connectivity index (χ0n) is 12.5. The standard InChI is InChI=1S/C17H13ClN2O3S/c18-14-10-13(23-8-6-12-3-1-2-7-19-12)5-4-11(14)9-15-16(21)20-17(22)24-15/h1-5,7,9-10H,6,8H2,(H,20,21,22)/b15-9-. The summed E-state index contributed by atoms with van der Waals surface area (Å²) >= 11 is 7.08. The molecule has 0 spiro atoms. The van der Waals surface area contributed by atoms with Crippen LogP contribution in [0.4, 0.5) is 4.79 Å². The first-order valence-electron chi connectivity index (χ1n) is 7.19. The van der Waals surface area contributed by atoms with E-state index in [4.69, 9.17) is 16.3 Å². The lowest BCUT2D eigenvalue weighted by Gasteiger charge is -2.07. The number of benzene rings is 1. The van der Waals surface area contributed by atoms with Gasteiger partial charge in [-0.15, -0.1) is 0 Å². The summed E-state index contributed by atoms with van der Waals surface area (Å²) in [5.41, 5.74) is 1.61. The number of carbonyl (C=O) groups is 2. The van der Waals surface area contributed by atoms with E-state index in [1.807, 2.05) is 18.2 Å². The number of carbonyl (C=O) groups excluding carboxylic acids is 2. The van der Waals surface area contributed by atoms with Crippen LogP contribution < -0.4 is 10.1 Å². The molecule has 5 nitrogen and oxygen atoms in total. The highest BCUT2D eigenvalue weighted by Crippen LogP contribution is 2.30. The third-order valence-electron chi connectivity index (χ3n) is 3.25. The maximum Gasteiger partial charge on any atom is 0.290 e. The fourth-order valence-electron chi connectivity index (χ4n) is 2.10. The Morgan fingerprint density at radius 1 is 1.25 bits per heavy atom. The van der Waals surface area contributed by atoms with E-state index in [0.717, 1.165) is 17.5 Å². The number of pyridine rings is 1.